The minimum absolute atomic E-state index is 0.180. The van der Waals surface area contributed by atoms with Crippen molar-refractivity contribution in [2.45, 2.75) is 38.8 Å². The number of rotatable bonds is 6. The van der Waals surface area contributed by atoms with Crippen LogP contribution in [0.25, 0.3) is 11.0 Å². The number of pyridine rings is 1. The number of piperidine rings is 1. The van der Waals surface area contributed by atoms with E-state index in [1.165, 1.54) is 17.1 Å². The molecule has 2 aromatic carbocycles. The standard InChI is InChI=1S/C27H29FN4O/c1-19-10-11-25-24(16-19)29-26(31(25)2)17-32-14-12-20(13-15-32)23-8-5-9-27(30-23)33-18-21-6-3-4-7-22(21)28/h3-11,16,20H,12-15,17-18H2,1-2H3. The Labute approximate surface area is 193 Å². The van der Waals surface area contributed by atoms with E-state index < -0.39 is 0 Å². The van der Waals surface area contributed by atoms with Crippen LogP contribution in [0.15, 0.2) is 60.7 Å². The third-order valence-corrected chi connectivity index (χ3v) is 6.58. The maximum atomic E-state index is 13.8. The first kappa shape index (κ1) is 21.6. The number of ether oxygens (including phenoxy) is 1. The fourth-order valence-corrected chi connectivity index (χ4v) is 4.59. The van der Waals surface area contributed by atoms with E-state index in [0.717, 1.165) is 49.5 Å². The van der Waals surface area contributed by atoms with E-state index in [1.54, 1.807) is 12.1 Å². The summed E-state index contributed by atoms with van der Waals surface area (Å²) >= 11 is 0. The van der Waals surface area contributed by atoms with E-state index in [4.69, 9.17) is 14.7 Å². The topological polar surface area (TPSA) is 43.2 Å². The van der Waals surface area contributed by atoms with Gasteiger partial charge in [0.2, 0.25) is 5.88 Å². The normalized spacial score (nSPS) is 15.2. The third kappa shape index (κ3) is 4.76. The summed E-state index contributed by atoms with van der Waals surface area (Å²) in [7, 11) is 2.10. The number of imidazole rings is 1. The number of likely N-dealkylation sites (tertiary alicyclic amines) is 1. The van der Waals surface area contributed by atoms with Crippen molar-refractivity contribution in [3.05, 3.63) is 89.1 Å². The Morgan fingerprint density at radius 2 is 1.82 bits per heavy atom. The summed E-state index contributed by atoms with van der Waals surface area (Å²) in [4.78, 5) is 12.1. The quantitative estimate of drug-likeness (QED) is 0.401. The molecule has 0 unspecified atom stereocenters. The van der Waals surface area contributed by atoms with Crippen LogP contribution in [0.2, 0.25) is 0 Å². The lowest BCUT2D eigenvalue weighted by molar-refractivity contribution is 0.197. The van der Waals surface area contributed by atoms with Gasteiger partial charge in [0.25, 0.3) is 0 Å². The first-order chi connectivity index (χ1) is 16.1. The second-order valence-electron chi connectivity index (χ2n) is 8.91. The molecule has 0 amide bonds. The van der Waals surface area contributed by atoms with Crippen LogP contribution in [0.1, 0.15) is 41.4 Å². The number of fused-ring (bicyclic) bond motifs is 1. The van der Waals surface area contributed by atoms with Gasteiger partial charge in [0.15, 0.2) is 0 Å². The predicted octanol–water partition coefficient (Wildman–Crippen LogP) is 5.37. The molecule has 1 aliphatic rings. The van der Waals surface area contributed by atoms with Crippen molar-refractivity contribution in [2.75, 3.05) is 13.1 Å². The zero-order chi connectivity index (χ0) is 22.8. The fourth-order valence-electron chi connectivity index (χ4n) is 4.59. The van der Waals surface area contributed by atoms with Crippen LogP contribution >= 0.6 is 0 Å². The first-order valence-corrected chi connectivity index (χ1v) is 11.5. The van der Waals surface area contributed by atoms with E-state index in [1.807, 2.05) is 18.2 Å². The SMILES string of the molecule is Cc1ccc2c(c1)nc(CN1CCC(c3cccc(OCc4ccccc4F)n3)CC1)n2C. The van der Waals surface area contributed by atoms with Crippen LogP contribution in [0.3, 0.4) is 0 Å². The van der Waals surface area contributed by atoms with Gasteiger partial charge in [0.05, 0.1) is 17.6 Å². The molecule has 33 heavy (non-hydrogen) atoms. The number of aromatic nitrogens is 3. The Morgan fingerprint density at radius 3 is 2.64 bits per heavy atom. The predicted molar refractivity (Wildman–Crippen MR) is 128 cm³/mol. The zero-order valence-corrected chi connectivity index (χ0v) is 19.2. The summed E-state index contributed by atoms with van der Waals surface area (Å²) in [6.45, 7) is 5.16. The third-order valence-electron chi connectivity index (χ3n) is 6.58. The smallest absolute Gasteiger partial charge is 0.213 e. The molecule has 1 fully saturated rings. The second-order valence-corrected chi connectivity index (χ2v) is 8.91. The molecule has 170 valence electrons. The summed E-state index contributed by atoms with van der Waals surface area (Å²) < 4.78 is 21.8. The zero-order valence-electron chi connectivity index (χ0n) is 19.2. The highest BCUT2D eigenvalue weighted by Gasteiger charge is 2.23. The number of benzene rings is 2. The highest BCUT2D eigenvalue weighted by Crippen LogP contribution is 2.29. The van der Waals surface area contributed by atoms with Crippen molar-refractivity contribution in [1.82, 2.24) is 19.4 Å². The molecular formula is C27H29FN4O. The number of halogens is 1. The Hall–Kier alpha value is -3.25. The van der Waals surface area contributed by atoms with Gasteiger partial charge in [-0.05, 0) is 62.7 Å². The summed E-state index contributed by atoms with van der Waals surface area (Å²) in [6.07, 6.45) is 2.10. The molecule has 0 saturated carbocycles. The van der Waals surface area contributed by atoms with Crippen LogP contribution in [-0.2, 0) is 20.2 Å². The van der Waals surface area contributed by atoms with E-state index >= 15 is 0 Å². The number of aryl methyl sites for hydroxylation is 2. The van der Waals surface area contributed by atoms with Gasteiger partial charge < -0.3 is 9.30 Å². The largest absolute Gasteiger partial charge is 0.473 e. The molecule has 0 bridgehead atoms. The Bertz CT molecular complexity index is 1260. The van der Waals surface area contributed by atoms with Crippen LogP contribution in [0, 0.1) is 12.7 Å². The van der Waals surface area contributed by atoms with Crippen LogP contribution < -0.4 is 4.74 Å². The summed E-state index contributed by atoms with van der Waals surface area (Å²) in [5.41, 5.74) is 5.08. The molecule has 6 heteroatoms. The molecule has 2 aromatic heterocycles. The maximum absolute atomic E-state index is 13.8. The monoisotopic (exact) mass is 444 g/mol. The van der Waals surface area contributed by atoms with Gasteiger partial charge in [-0.1, -0.05) is 30.3 Å². The number of hydrogen-bond acceptors (Lipinski definition) is 4. The van der Waals surface area contributed by atoms with Crippen LogP contribution in [0.5, 0.6) is 5.88 Å². The number of nitrogens with zero attached hydrogens (tertiary/aromatic N) is 4. The summed E-state index contributed by atoms with van der Waals surface area (Å²) in [5.74, 6) is 1.81. The molecule has 1 saturated heterocycles. The van der Waals surface area contributed by atoms with Gasteiger partial charge in [-0.2, -0.15) is 0 Å². The molecule has 4 aromatic rings. The Morgan fingerprint density at radius 1 is 1.00 bits per heavy atom. The molecule has 5 nitrogen and oxygen atoms in total. The van der Waals surface area contributed by atoms with Crippen molar-refractivity contribution >= 4 is 11.0 Å². The van der Waals surface area contributed by atoms with Gasteiger partial charge in [-0.25, -0.2) is 14.4 Å². The highest BCUT2D eigenvalue weighted by molar-refractivity contribution is 5.76. The molecule has 0 aliphatic carbocycles. The fraction of sp³-hybridized carbons (Fsp3) is 0.333. The van der Waals surface area contributed by atoms with E-state index in [2.05, 4.69) is 47.7 Å². The Balaban J connectivity index is 1.19. The lowest BCUT2D eigenvalue weighted by Gasteiger charge is -2.31. The lowest BCUT2D eigenvalue weighted by atomic mass is 9.93. The van der Waals surface area contributed by atoms with Gasteiger partial charge in [-0.15, -0.1) is 0 Å². The summed E-state index contributed by atoms with van der Waals surface area (Å²) in [5, 5.41) is 0. The average Bonchev–Trinajstić information content (AvgIpc) is 3.13. The summed E-state index contributed by atoms with van der Waals surface area (Å²) in [6, 6.07) is 19.0. The molecule has 3 heterocycles. The minimum Gasteiger partial charge on any atom is -0.473 e. The van der Waals surface area contributed by atoms with Crippen molar-refractivity contribution in [3.8, 4) is 5.88 Å². The van der Waals surface area contributed by atoms with Crippen molar-refractivity contribution < 1.29 is 9.13 Å². The average molecular weight is 445 g/mol. The van der Waals surface area contributed by atoms with Crippen molar-refractivity contribution in [2.24, 2.45) is 7.05 Å². The van der Waals surface area contributed by atoms with E-state index in [-0.39, 0.29) is 12.4 Å². The molecular weight excluding hydrogens is 415 g/mol. The molecule has 0 N–H and O–H groups in total. The molecule has 5 rings (SSSR count). The second kappa shape index (κ2) is 9.32. The van der Waals surface area contributed by atoms with Crippen molar-refractivity contribution in [3.63, 3.8) is 0 Å². The number of hydrogen-bond donors (Lipinski definition) is 0. The van der Waals surface area contributed by atoms with Gasteiger partial charge in [0, 0.05) is 30.3 Å². The van der Waals surface area contributed by atoms with Crippen LogP contribution in [-0.4, -0.2) is 32.5 Å². The molecule has 0 atom stereocenters. The molecule has 0 spiro atoms. The maximum Gasteiger partial charge on any atom is 0.213 e. The van der Waals surface area contributed by atoms with E-state index in [0.29, 0.717) is 17.4 Å². The van der Waals surface area contributed by atoms with E-state index in [9.17, 15) is 4.39 Å². The van der Waals surface area contributed by atoms with Crippen molar-refractivity contribution in [1.29, 1.82) is 0 Å². The molecule has 1 aliphatic heterocycles. The Kier molecular flexibility index (Phi) is 6.09. The van der Waals surface area contributed by atoms with Gasteiger partial charge in [0.1, 0.15) is 18.2 Å². The first-order valence-electron chi connectivity index (χ1n) is 11.5. The van der Waals surface area contributed by atoms with Gasteiger partial charge in [-0.3, -0.25) is 4.90 Å². The van der Waals surface area contributed by atoms with Gasteiger partial charge >= 0.3 is 0 Å². The highest BCUT2D eigenvalue weighted by atomic mass is 19.1. The van der Waals surface area contributed by atoms with Crippen LogP contribution in [0.4, 0.5) is 4.39 Å². The minimum atomic E-state index is -0.253. The molecule has 0 radical (unpaired) electrons. The lowest BCUT2D eigenvalue weighted by Crippen LogP contribution is -2.33.